The van der Waals surface area contributed by atoms with E-state index >= 15 is 0 Å². The number of aromatic nitrogens is 2. The van der Waals surface area contributed by atoms with Gasteiger partial charge in [-0.1, -0.05) is 0 Å². The molecule has 86 valence electrons. The number of nitrogens with one attached hydrogen (secondary N) is 3. The van der Waals surface area contributed by atoms with E-state index in [-0.39, 0.29) is 0 Å². The molecule has 0 spiro atoms. The number of aryl methyl sites for hydroxylation is 1. The van der Waals surface area contributed by atoms with Gasteiger partial charge in [-0.3, -0.25) is 5.10 Å². The Hall–Kier alpha value is -0.910. The minimum Gasteiger partial charge on any atom is -0.383 e. The molecule has 0 aliphatic heterocycles. The minimum absolute atomic E-state index is 0.762. The highest BCUT2D eigenvalue weighted by Gasteiger charge is 1.95. The monoisotopic (exact) mass is 212 g/mol. The molecular formula is C10H20N4O. The van der Waals surface area contributed by atoms with E-state index in [2.05, 4.69) is 20.8 Å². The van der Waals surface area contributed by atoms with Gasteiger partial charge in [0.1, 0.15) is 0 Å². The summed E-state index contributed by atoms with van der Waals surface area (Å²) in [4.78, 5) is 0. The van der Waals surface area contributed by atoms with E-state index in [0.29, 0.717) is 0 Å². The van der Waals surface area contributed by atoms with Gasteiger partial charge in [0.2, 0.25) is 0 Å². The molecule has 15 heavy (non-hydrogen) atoms. The van der Waals surface area contributed by atoms with Gasteiger partial charge in [-0.25, -0.2) is 0 Å². The second-order valence-electron chi connectivity index (χ2n) is 3.46. The zero-order valence-electron chi connectivity index (χ0n) is 9.47. The molecule has 1 aromatic rings. The molecule has 0 saturated heterocycles. The van der Waals surface area contributed by atoms with Crippen molar-refractivity contribution in [2.45, 2.75) is 13.5 Å². The summed E-state index contributed by atoms with van der Waals surface area (Å²) in [6.45, 7) is 6.37. The van der Waals surface area contributed by atoms with E-state index in [1.807, 2.05) is 13.0 Å². The number of H-pyrrole nitrogens is 1. The molecule has 1 heterocycles. The topological polar surface area (TPSA) is 62.0 Å². The van der Waals surface area contributed by atoms with E-state index in [9.17, 15) is 0 Å². The second kappa shape index (κ2) is 7.39. The predicted molar refractivity (Wildman–Crippen MR) is 59.8 cm³/mol. The molecule has 0 aliphatic rings. The fourth-order valence-electron chi connectivity index (χ4n) is 1.26. The molecule has 0 aromatic carbocycles. The van der Waals surface area contributed by atoms with E-state index < -0.39 is 0 Å². The minimum atomic E-state index is 0.762. The number of nitrogens with zero attached hydrogens (tertiary/aromatic N) is 1. The molecule has 0 amide bonds. The van der Waals surface area contributed by atoms with Crippen LogP contribution in [0.15, 0.2) is 6.07 Å². The quantitative estimate of drug-likeness (QED) is 0.533. The van der Waals surface area contributed by atoms with Crippen LogP contribution in [0.25, 0.3) is 0 Å². The normalized spacial score (nSPS) is 10.8. The van der Waals surface area contributed by atoms with Crippen LogP contribution in [0.3, 0.4) is 0 Å². The maximum Gasteiger partial charge on any atom is 0.0762 e. The third kappa shape index (κ3) is 5.51. The van der Waals surface area contributed by atoms with Crippen LogP contribution < -0.4 is 10.6 Å². The van der Waals surface area contributed by atoms with Gasteiger partial charge < -0.3 is 15.4 Å². The number of rotatable bonds is 8. The zero-order valence-corrected chi connectivity index (χ0v) is 9.47. The van der Waals surface area contributed by atoms with Crippen molar-refractivity contribution in [3.8, 4) is 0 Å². The average Bonchev–Trinajstić information content (AvgIpc) is 2.63. The number of hydrogen-bond acceptors (Lipinski definition) is 4. The maximum absolute atomic E-state index is 4.92. The van der Waals surface area contributed by atoms with Crippen LogP contribution in [0, 0.1) is 6.92 Å². The molecule has 3 N–H and O–H groups in total. The van der Waals surface area contributed by atoms with Crippen molar-refractivity contribution in [1.29, 1.82) is 0 Å². The third-order valence-corrected chi connectivity index (χ3v) is 2.03. The Labute approximate surface area is 90.6 Å². The molecular weight excluding hydrogens is 192 g/mol. The van der Waals surface area contributed by atoms with E-state index in [4.69, 9.17) is 4.74 Å². The highest BCUT2D eigenvalue weighted by molar-refractivity contribution is 5.05. The van der Waals surface area contributed by atoms with Crippen molar-refractivity contribution in [2.75, 3.05) is 33.4 Å². The highest BCUT2D eigenvalue weighted by atomic mass is 16.5. The molecule has 5 nitrogen and oxygen atoms in total. The summed E-state index contributed by atoms with van der Waals surface area (Å²) in [6.07, 6.45) is 0. The second-order valence-corrected chi connectivity index (χ2v) is 3.46. The van der Waals surface area contributed by atoms with Crippen LogP contribution in [0.4, 0.5) is 0 Å². The van der Waals surface area contributed by atoms with Gasteiger partial charge in [0.25, 0.3) is 0 Å². The van der Waals surface area contributed by atoms with Gasteiger partial charge in [0, 0.05) is 39.0 Å². The van der Waals surface area contributed by atoms with Gasteiger partial charge in [0.05, 0.1) is 12.3 Å². The van der Waals surface area contributed by atoms with Gasteiger partial charge in [-0.2, -0.15) is 5.10 Å². The van der Waals surface area contributed by atoms with Gasteiger partial charge >= 0.3 is 0 Å². The molecule has 0 unspecified atom stereocenters. The van der Waals surface area contributed by atoms with Crippen LogP contribution in [0.2, 0.25) is 0 Å². The first-order valence-electron chi connectivity index (χ1n) is 5.24. The Morgan fingerprint density at radius 3 is 2.80 bits per heavy atom. The Balaban J connectivity index is 1.93. The summed E-state index contributed by atoms with van der Waals surface area (Å²) in [7, 11) is 1.71. The summed E-state index contributed by atoms with van der Waals surface area (Å²) in [6, 6.07) is 2.05. The lowest BCUT2D eigenvalue weighted by atomic mass is 10.4. The van der Waals surface area contributed by atoms with E-state index in [1.165, 1.54) is 0 Å². The summed E-state index contributed by atoms with van der Waals surface area (Å²) in [5.41, 5.74) is 2.16. The number of hydrogen-bond donors (Lipinski definition) is 3. The summed E-state index contributed by atoms with van der Waals surface area (Å²) in [5, 5.41) is 13.6. The first-order valence-corrected chi connectivity index (χ1v) is 5.24. The first-order chi connectivity index (χ1) is 7.33. The standard InChI is InChI=1S/C10H20N4O/c1-9-7-10(14-13-9)8-12-4-3-11-5-6-15-2/h7,11-12H,3-6,8H2,1-2H3,(H,13,14). The van der Waals surface area contributed by atoms with Crippen molar-refractivity contribution in [3.05, 3.63) is 17.5 Å². The van der Waals surface area contributed by atoms with E-state index in [1.54, 1.807) is 7.11 Å². The molecule has 0 radical (unpaired) electrons. The molecule has 0 fully saturated rings. The van der Waals surface area contributed by atoms with Crippen molar-refractivity contribution < 1.29 is 4.74 Å². The molecule has 0 aliphatic carbocycles. The fraction of sp³-hybridized carbons (Fsp3) is 0.700. The smallest absolute Gasteiger partial charge is 0.0762 e. The lowest BCUT2D eigenvalue weighted by molar-refractivity contribution is 0.199. The first kappa shape index (κ1) is 12.2. The predicted octanol–water partition coefficient (Wildman–Crippen LogP) is 0.0437. The Bertz CT molecular complexity index is 262. The van der Waals surface area contributed by atoms with Crippen molar-refractivity contribution in [1.82, 2.24) is 20.8 Å². The Morgan fingerprint density at radius 1 is 1.33 bits per heavy atom. The lowest BCUT2D eigenvalue weighted by Crippen LogP contribution is -2.29. The number of ether oxygens (including phenoxy) is 1. The summed E-state index contributed by atoms with van der Waals surface area (Å²) >= 11 is 0. The van der Waals surface area contributed by atoms with Gasteiger partial charge in [0.15, 0.2) is 0 Å². The van der Waals surface area contributed by atoms with Crippen molar-refractivity contribution in [3.63, 3.8) is 0 Å². The maximum atomic E-state index is 4.92. The lowest BCUT2D eigenvalue weighted by Gasteiger charge is -2.04. The van der Waals surface area contributed by atoms with E-state index in [0.717, 1.165) is 44.2 Å². The van der Waals surface area contributed by atoms with Crippen molar-refractivity contribution >= 4 is 0 Å². The average molecular weight is 212 g/mol. The third-order valence-electron chi connectivity index (χ3n) is 2.03. The zero-order chi connectivity index (χ0) is 10.9. The molecule has 0 atom stereocenters. The molecule has 1 aromatic heterocycles. The van der Waals surface area contributed by atoms with Gasteiger partial charge in [-0.05, 0) is 13.0 Å². The molecule has 5 heteroatoms. The molecule has 0 bridgehead atoms. The van der Waals surface area contributed by atoms with Crippen LogP contribution in [-0.4, -0.2) is 43.5 Å². The Kier molecular flexibility index (Phi) is 5.99. The highest BCUT2D eigenvalue weighted by Crippen LogP contribution is 1.95. The van der Waals surface area contributed by atoms with Gasteiger partial charge in [-0.15, -0.1) is 0 Å². The largest absolute Gasteiger partial charge is 0.383 e. The van der Waals surface area contributed by atoms with Crippen LogP contribution in [0.5, 0.6) is 0 Å². The fourth-order valence-corrected chi connectivity index (χ4v) is 1.26. The summed E-state index contributed by atoms with van der Waals surface area (Å²) < 4.78 is 4.92. The number of aromatic amines is 1. The molecule has 1 rings (SSSR count). The summed E-state index contributed by atoms with van der Waals surface area (Å²) in [5.74, 6) is 0. The SMILES string of the molecule is COCCNCCNCc1cc(C)[nH]n1. The van der Waals surface area contributed by atoms with Crippen LogP contribution in [-0.2, 0) is 11.3 Å². The Morgan fingerprint density at radius 2 is 2.13 bits per heavy atom. The molecule has 0 saturated carbocycles. The van der Waals surface area contributed by atoms with Crippen LogP contribution in [0.1, 0.15) is 11.4 Å². The number of methoxy groups -OCH3 is 1. The van der Waals surface area contributed by atoms with Crippen LogP contribution >= 0.6 is 0 Å². The van der Waals surface area contributed by atoms with Crippen molar-refractivity contribution in [2.24, 2.45) is 0 Å².